The Bertz CT molecular complexity index is 523. The quantitative estimate of drug-likeness (QED) is 0.725. The van der Waals surface area contributed by atoms with E-state index in [0.29, 0.717) is 13.1 Å². The summed E-state index contributed by atoms with van der Waals surface area (Å²) in [6, 6.07) is 7.59. The summed E-state index contributed by atoms with van der Waals surface area (Å²) in [4.78, 5) is 24.8. The first-order valence-electron chi connectivity index (χ1n) is 6.10. The zero-order chi connectivity index (χ0) is 12.8. The van der Waals surface area contributed by atoms with Crippen LogP contribution in [0.3, 0.4) is 0 Å². The highest BCUT2D eigenvalue weighted by atomic mass is 16.2. The van der Waals surface area contributed by atoms with Gasteiger partial charge in [0.05, 0.1) is 0 Å². The van der Waals surface area contributed by atoms with Crippen molar-refractivity contribution >= 4 is 17.5 Å². The summed E-state index contributed by atoms with van der Waals surface area (Å²) in [6.07, 6.45) is 1.86. The largest absolute Gasteiger partial charge is 0.346 e. The van der Waals surface area contributed by atoms with E-state index < -0.39 is 11.8 Å². The molecule has 3 N–H and O–H groups in total. The Morgan fingerprint density at radius 2 is 1.94 bits per heavy atom. The minimum Gasteiger partial charge on any atom is -0.346 e. The van der Waals surface area contributed by atoms with Crippen LogP contribution < -0.4 is 16.0 Å². The Kier molecular flexibility index (Phi) is 2.38. The molecule has 1 aromatic rings. The van der Waals surface area contributed by atoms with Gasteiger partial charge in [-0.25, -0.2) is 0 Å². The number of rotatable bonds is 2. The number of nitrogens with one attached hydrogen (secondary N) is 1. The van der Waals surface area contributed by atoms with Crippen molar-refractivity contribution in [3.05, 3.63) is 29.8 Å². The smallest absolute Gasteiger partial charge is 0.316 e. The van der Waals surface area contributed by atoms with Crippen molar-refractivity contribution in [2.24, 2.45) is 5.73 Å². The van der Waals surface area contributed by atoms with Crippen LogP contribution in [0.4, 0.5) is 5.69 Å². The second kappa shape index (κ2) is 3.81. The second-order valence-corrected chi connectivity index (χ2v) is 4.89. The van der Waals surface area contributed by atoms with Gasteiger partial charge in [-0.05, 0) is 24.5 Å². The summed E-state index contributed by atoms with van der Waals surface area (Å²) in [6.45, 7) is 0.980. The van der Waals surface area contributed by atoms with Crippen LogP contribution in [0.2, 0.25) is 0 Å². The molecule has 0 unspecified atom stereocenters. The summed E-state index contributed by atoms with van der Waals surface area (Å²) in [7, 11) is 0. The minimum atomic E-state index is -0.544. The average Bonchev–Trinajstić information content (AvgIpc) is 3.12. The van der Waals surface area contributed by atoms with Gasteiger partial charge in [0, 0.05) is 24.3 Å². The summed E-state index contributed by atoms with van der Waals surface area (Å²) < 4.78 is 0. The summed E-state index contributed by atoms with van der Waals surface area (Å²) >= 11 is 0. The number of anilines is 1. The van der Waals surface area contributed by atoms with E-state index in [9.17, 15) is 9.59 Å². The van der Waals surface area contributed by atoms with E-state index in [0.717, 1.165) is 24.1 Å². The van der Waals surface area contributed by atoms with E-state index in [1.807, 2.05) is 24.3 Å². The number of benzene rings is 1. The summed E-state index contributed by atoms with van der Waals surface area (Å²) in [5, 5.41) is 2.54. The molecular formula is C13H15N3O2. The fourth-order valence-corrected chi connectivity index (χ4v) is 2.34. The van der Waals surface area contributed by atoms with Crippen LogP contribution in [-0.2, 0) is 15.1 Å². The number of para-hydroxylation sites is 1. The van der Waals surface area contributed by atoms with E-state index in [1.54, 1.807) is 0 Å². The van der Waals surface area contributed by atoms with Crippen LogP contribution in [0.1, 0.15) is 18.4 Å². The van der Waals surface area contributed by atoms with E-state index in [1.165, 1.54) is 4.90 Å². The van der Waals surface area contributed by atoms with Gasteiger partial charge in [-0.15, -0.1) is 0 Å². The third-order valence-electron chi connectivity index (χ3n) is 3.58. The lowest BCUT2D eigenvalue weighted by atomic mass is 10.0. The summed E-state index contributed by atoms with van der Waals surface area (Å²) in [5.41, 5.74) is 7.64. The normalized spacial score (nSPS) is 21.7. The van der Waals surface area contributed by atoms with Crippen LogP contribution in [-0.4, -0.2) is 24.9 Å². The molecule has 5 heteroatoms. The Balaban J connectivity index is 2.01. The SMILES string of the molecule is NC1(c2ccccc2N2CCNC(=O)C2=O)CC1. The molecule has 0 radical (unpaired) electrons. The Hall–Kier alpha value is -1.88. The third kappa shape index (κ3) is 1.67. The van der Waals surface area contributed by atoms with Crippen LogP contribution in [0.15, 0.2) is 24.3 Å². The molecule has 1 aromatic carbocycles. The Labute approximate surface area is 105 Å². The minimum absolute atomic E-state index is 0.315. The van der Waals surface area contributed by atoms with Gasteiger partial charge in [0.25, 0.3) is 0 Å². The predicted octanol–water partition coefficient (Wildman–Crippen LogP) is 0.0972. The standard InChI is InChI=1S/C13H15N3O2/c14-13(5-6-13)9-3-1-2-4-10(9)16-8-7-15-11(17)12(16)18/h1-4H,5-8,14H2,(H,15,17). The Morgan fingerprint density at radius 1 is 1.22 bits per heavy atom. The number of carbonyl (C=O) groups excluding carboxylic acids is 2. The topological polar surface area (TPSA) is 75.4 Å². The number of carbonyl (C=O) groups is 2. The van der Waals surface area contributed by atoms with Crippen molar-refractivity contribution in [1.82, 2.24) is 5.32 Å². The molecular weight excluding hydrogens is 230 g/mol. The molecule has 0 spiro atoms. The number of piperazine rings is 1. The molecule has 5 nitrogen and oxygen atoms in total. The predicted molar refractivity (Wildman–Crippen MR) is 66.9 cm³/mol. The number of nitrogens with two attached hydrogens (primary N) is 1. The first-order valence-corrected chi connectivity index (χ1v) is 6.10. The molecule has 1 saturated carbocycles. The van der Waals surface area contributed by atoms with Gasteiger partial charge < -0.3 is 16.0 Å². The molecule has 1 saturated heterocycles. The van der Waals surface area contributed by atoms with Crippen LogP contribution in [0, 0.1) is 0 Å². The fourth-order valence-electron chi connectivity index (χ4n) is 2.34. The maximum atomic E-state index is 11.9. The average molecular weight is 245 g/mol. The van der Waals surface area contributed by atoms with Crippen molar-refractivity contribution < 1.29 is 9.59 Å². The number of hydrogen-bond acceptors (Lipinski definition) is 3. The van der Waals surface area contributed by atoms with Crippen LogP contribution in [0.25, 0.3) is 0 Å². The third-order valence-corrected chi connectivity index (χ3v) is 3.58. The number of amides is 2. The number of hydrogen-bond donors (Lipinski definition) is 2. The van der Waals surface area contributed by atoms with Crippen molar-refractivity contribution in [3.8, 4) is 0 Å². The molecule has 94 valence electrons. The van der Waals surface area contributed by atoms with Crippen molar-refractivity contribution in [2.75, 3.05) is 18.0 Å². The van der Waals surface area contributed by atoms with Crippen molar-refractivity contribution in [1.29, 1.82) is 0 Å². The molecule has 1 aliphatic carbocycles. The monoisotopic (exact) mass is 245 g/mol. The molecule has 0 atom stereocenters. The summed E-state index contributed by atoms with van der Waals surface area (Å²) in [5.74, 6) is -1.05. The molecule has 2 fully saturated rings. The molecule has 3 rings (SSSR count). The molecule has 1 heterocycles. The van der Waals surface area contributed by atoms with Gasteiger partial charge in [-0.2, -0.15) is 0 Å². The van der Waals surface area contributed by atoms with Gasteiger partial charge in [0.2, 0.25) is 0 Å². The first kappa shape index (κ1) is 11.2. The van der Waals surface area contributed by atoms with E-state index in [2.05, 4.69) is 5.32 Å². The van der Waals surface area contributed by atoms with Gasteiger partial charge >= 0.3 is 11.8 Å². The number of nitrogens with zero attached hydrogens (tertiary/aromatic N) is 1. The highest BCUT2D eigenvalue weighted by Gasteiger charge is 2.43. The Morgan fingerprint density at radius 3 is 2.67 bits per heavy atom. The molecule has 2 aliphatic rings. The van der Waals surface area contributed by atoms with Crippen LogP contribution in [0.5, 0.6) is 0 Å². The van der Waals surface area contributed by atoms with Gasteiger partial charge in [0.1, 0.15) is 0 Å². The van der Waals surface area contributed by atoms with Crippen LogP contribution >= 0.6 is 0 Å². The fraction of sp³-hybridized carbons (Fsp3) is 0.385. The zero-order valence-electron chi connectivity index (χ0n) is 9.98. The lowest BCUT2D eigenvalue weighted by molar-refractivity contribution is -0.138. The maximum absolute atomic E-state index is 11.9. The van der Waals surface area contributed by atoms with E-state index >= 15 is 0 Å². The first-order chi connectivity index (χ1) is 8.62. The molecule has 0 bridgehead atoms. The molecule has 18 heavy (non-hydrogen) atoms. The van der Waals surface area contributed by atoms with Gasteiger partial charge in [-0.1, -0.05) is 18.2 Å². The van der Waals surface area contributed by atoms with Crippen molar-refractivity contribution in [3.63, 3.8) is 0 Å². The van der Waals surface area contributed by atoms with E-state index in [-0.39, 0.29) is 5.54 Å². The highest BCUT2D eigenvalue weighted by Crippen LogP contribution is 2.46. The molecule has 0 aromatic heterocycles. The lowest BCUT2D eigenvalue weighted by Crippen LogP contribution is -2.52. The molecule has 1 aliphatic heterocycles. The highest BCUT2D eigenvalue weighted by molar-refractivity contribution is 6.41. The zero-order valence-corrected chi connectivity index (χ0v) is 9.98. The van der Waals surface area contributed by atoms with Crippen molar-refractivity contribution in [2.45, 2.75) is 18.4 Å². The maximum Gasteiger partial charge on any atom is 0.316 e. The lowest BCUT2D eigenvalue weighted by Gasteiger charge is -2.29. The van der Waals surface area contributed by atoms with Gasteiger partial charge in [-0.3, -0.25) is 9.59 Å². The van der Waals surface area contributed by atoms with E-state index in [4.69, 9.17) is 5.73 Å². The second-order valence-electron chi connectivity index (χ2n) is 4.89. The molecule has 2 amide bonds. The van der Waals surface area contributed by atoms with Gasteiger partial charge in [0.15, 0.2) is 0 Å².